The van der Waals surface area contributed by atoms with Gasteiger partial charge < -0.3 is 25.0 Å². The monoisotopic (exact) mass is 508 g/mol. The number of para-hydroxylation sites is 1. The topological polar surface area (TPSA) is 75.2 Å². The number of nitrogens with zero attached hydrogens (tertiary/aromatic N) is 2. The molecule has 9 heteroatoms. The third-order valence-corrected chi connectivity index (χ3v) is 4.34. The van der Waals surface area contributed by atoms with Crippen LogP contribution in [0.5, 0.6) is 5.75 Å². The Hall–Kier alpha value is -1.78. The Bertz CT molecular complexity index is 643. The van der Waals surface area contributed by atoms with Gasteiger partial charge in [-0.3, -0.25) is 4.99 Å². The quantitative estimate of drug-likeness (QED) is 0.305. The number of aliphatic imine (C=N–C) groups is 1. The van der Waals surface area contributed by atoms with Crippen LogP contribution in [0.25, 0.3) is 0 Å². The molecule has 1 saturated carbocycles. The SMILES string of the molecule is CCOC(=O)NC(CNC(=NC)N(C)CCOc1ccccc1F)C1CC1.I. The van der Waals surface area contributed by atoms with Gasteiger partial charge in [-0.2, -0.15) is 0 Å². The first-order chi connectivity index (χ1) is 13.0. The van der Waals surface area contributed by atoms with Crippen LogP contribution in [0.1, 0.15) is 19.8 Å². The number of nitrogens with one attached hydrogen (secondary N) is 2. The van der Waals surface area contributed by atoms with Gasteiger partial charge in [0, 0.05) is 20.6 Å². The Labute approximate surface area is 183 Å². The number of likely N-dealkylation sites (N-methyl/N-ethyl adjacent to an activating group) is 1. The van der Waals surface area contributed by atoms with Crippen molar-refractivity contribution >= 4 is 36.0 Å². The molecule has 158 valence electrons. The average molecular weight is 508 g/mol. The number of amides is 1. The molecule has 1 unspecified atom stereocenters. The summed E-state index contributed by atoms with van der Waals surface area (Å²) in [4.78, 5) is 17.8. The molecule has 0 saturated heterocycles. The zero-order valence-electron chi connectivity index (χ0n) is 16.6. The van der Waals surface area contributed by atoms with Gasteiger partial charge in [0.2, 0.25) is 0 Å². The number of rotatable bonds is 9. The number of ether oxygens (including phenoxy) is 2. The van der Waals surface area contributed by atoms with Crippen LogP contribution >= 0.6 is 24.0 Å². The molecule has 2 rings (SSSR count). The third-order valence-electron chi connectivity index (χ3n) is 4.34. The summed E-state index contributed by atoms with van der Waals surface area (Å²) in [6.45, 7) is 3.56. The van der Waals surface area contributed by atoms with Crippen molar-refractivity contribution in [2.24, 2.45) is 10.9 Å². The maximum absolute atomic E-state index is 13.6. The van der Waals surface area contributed by atoms with Gasteiger partial charge in [0.15, 0.2) is 17.5 Å². The lowest BCUT2D eigenvalue weighted by Crippen LogP contribution is -2.49. The zero-order valence-corrected chi connectivity index (χ0v) is 18.9. The number of hydrogen-bond donors (Lipinski definition) is 2. The Morgan fingerprint density at radius 3 is 2.71 bits per heavy atom. The van der Waals surface area contributed by atoms with Gasteiger partial charge in [0.1, 0.15) is 6.61 Å². The van der Waals surface area contributed by atoms with Crippen LogP contribution in [0.4, 0.5) is 9.18 Å². The Balaban J connectivity index is 0.00000392. The van der Waals surface area contributed by atoms with Crippen molar-refractivity contribution in [2.45, 2.75) is 25.8 Å². The van der Waals surface area contributed by atoms with Gasteiger partial charge in [0.25, 0.3) is 0 Å². The van der Waals surface area contributed by atoms with Crippen LogP contribution < -0.4 is 15.4 Å². The van der Waals surface area contributed by atoms with E-state index in [4.69, 9.17) is 9.47 Å². The summed E-state index contributed by atoms with van der Waals surface area (Å²) in [5, 5.41) is 6.18. The predicted molar refractivity (Wildman–Crippen MR) is 118 cm³/mol. The molecule has 1 aliphatic carbocycles. The maximum atomic E-state index is 13.6. The number of benzene rings is 1. The van der Waals surface area contributed by atoms with Crippen molar-refractivity contribution in [3.05, 3.63) is 30.1 Å². The molecule has 0 bridgehead atoms. The summed E-state index contributed by atoms with van der Waals surface area (Å²) >= 11 is 0. The summed E-state index contributed by atoms with van der Waals surface area (Å²) in [5.41, 5.74) is 0. The van der Waals surface area contributed by atoms with Gasteiger partial charge >= 0.3 is 6.09 Å². The summed E-state index contributed by atoms with van der Waals surface area (Å²) in [6.07, 6.45) is 1.81. The van der Waals surface area contributed by atoms with E-state index in [-0.39, 0.29) is 41.6 Å². The van der Waals surface area contributed by atoms with E-state index in [1.165, 1.54) is 6.07 Å². The van der Waals surface area contributed by atoms with E-state index in [2.05, 4.69) is 15.6 Å². The molecule has 1 aliphatic rings. The van der Waals surface area contributed by atoms with Crippen LogP contribution in [0.2, 0.25) is 0 Å². The normalized spacial score (nSPS) is 14.5. The molecule has 7 nitrogen and oxygen atoms in total. The maximum Gasteiger partial charge on any atom is 0.407 e. The van der Waals surface area contributed by atoms with E-state index in [1.54, 1.807) is 32.2 Å². The molecule has 1 amide bonds. The Kier molecular flexibility index (Phi) is 10.9. The number of guanidine groups is 1. The fraction of sp³-hybridized carbons (Fsp3) is 0.579. The van der Waals surface area contributed by atoms with Gasteiger partial charge in [-0.1, -0.05) is 12.1 Å². The molecule has 1 aromatic rings. The van der Waals surface area contributed by atoms with Crippen LogP contribution in [0, 0.1) is 11.7 Å². The molecule has 28 heavy (non-hydrogen) atoms. The summed E-state index contributed by atoms with van der Waals surface area (Å²) < 4.78 is 24.0. The molecule has 1 fully saturated rings. The highest BCUT2D eigenvalue weighted by Gasteiger charge is 2.32. The molecule has 0 aromatic heterocycles. The largest absolute Gasteiger partial charge is 0.489 e. The Morgan fingerprint density at radius 1 is 1.39 bits per heavy atom. The van der Waals surface area contributed by atoms with E-state index in [9.17, 15) is 9.18 Å². The number of halogens is 2. The van der Waals surface area contributed by atoms with Crippen molar-refractivity contribution in [1.29, 1.82) is 0 Å². The summed E-state index contributed by atoms with van der Waals surface area (Å²) in [7, 11) is 3.58. The van der Waals surface area contributed by atoms with Crippen molar-refractivity contribution in [2.75, 3.05) is 40.4 Å². The fourth-order valence-corrected chi connectivity index (χ4v) is 2.70. The first-order valence-electron chi connectivity index (χ1n) is 9.27. The van der Waals surface area contributed by atoms with E-state index in [0.29, 0.717) is 38.2 Å². The van der Waals surface area contributed by atoms with Gasteiger partial charge in [-0.15, -0.1) is 24.0 Å². The van der Waals surface area contributed by atoms with Crippen molar-refractivity contribution in [3.63, 3.8) is 0 Å². The smallest absolute Gasteiger partial charge is 0.407 e. The molecule has 1 aromatic carbocycles. The molecular weight excluding hydrogens is 478 g/mol. The second kappa shape index (κ2) is 12.6. The zero-order chi connectivity index (χ0) is 19.6. The van der Waals surface area contributed by atoms with E-state index >= 15 is 0 Å². The van der Waals surface area contributed by atoms with Crippen LogP contribution in [-0.4, -0.2) is 63.4 Å². The number of alkyl carbamates (subject to hydrolysis) is 1. The first-order valence-corrected chi connectivity index (χ1v) is 9.27. The lowest BCUT2D eigenvalue weighted by molar-refractivity contribution is 0.146. The minimum absolute atomic E-state index is 0. The summed E-state index contributed by atoms with van der Waals surface area (Å²) in [6, 6.07) is 6.33. The minimum atomic E-state index is -0.391. The van der Waals surface area contributed by atoms with E-state index in [0.717, 1.165) is 12.8 Å². The van der Waals surface area contributed by atoms with Crippen molar-refractivity contribution in [3.8, 4) is 5.75 Å². The Morgan fingerprint density at radius 2 is 2.11 bits per heavy atom. The minimum Gasteiger partial charge on any atom is -0.489 e. The van der Waals surface area contributed by atoms with E-state index < -0.39 is 6.09 Å². The van der Waals surface area contributed by atoms with Crippen LogP contribution in [0.15, 0.2) is 29.3 Å². The van der Waals surface area contributed by atoms with Crippen LogP contribution in [0.3, 0.4) is 0 Å². The molecule has 0 heterocycles. The van der Waals surface area contributed by atoms with Gasteiger partial charge in [-0.25, -0.2) is 9.18 Å². The number of hydrogen-bond acceptors (Lipinski definition) is 4. The highest BCUT2D eigenvalue weighted by molar-refractivity contribution is 14.0. The molecule has 2 N–H and O–H groups in total. The van der Waals surface area contributed by atoms with Crippen molar-refractivity contribution < 1.29 is 18.7 Å². The highest BCUT2D eigenvalue weighted by Crippen LogP contribution is 2.32. The van der Waals surface area contributed by atoms with Crippen molar-refractivity contribution in [1.82, 2.24) is 15.5 Å². The standard InChI is InChI=1S/C19H29FN4O3.HI/c1-4-26-19(25)23-16(14-9-10-14)13-22-18(21-2)24(3)11-12-27-17-8-6-5-7-15(17)20;/h5-8,14,16H,4,9-13H2,1-3H3,(H,21,22)(H,23,25);1H. The molecule has 1 atom stereocenters. The fourth-order valence-electron chi connectivity index (χ4n) is 2.70. The van der Waals surface area contributed by atoms with Gasteiger partial charge in [0.05, 0.1) is 19.2 Å². The average Bonchev–Trinajstić information content (AvgIpc) is 3.48. The predicted octanol–water partition coefficient (Wildman–Crippen LogP) is 2.85. The molecule has 0 aliphatic heterocycles. The summed E-state index contributed by atoms with van der Waals surface area (Å²) in [5.74, 6) is 1.01. The molecule has 0 radical (unpaired) electrons. The highest BCUT2D eigenvalue weighted by atomic mass is 127. The number of carbonyl (C=O) groups excluding carboxylic acids is 1. The lowest BCUT2D eigenvalue weighted by Gasteiger charge is -2.25. The van der Waals surface area contributed by atoms with Gasteiger partial charge in [-0.05, 0) is 37.8 Å². The molecule has 0 spiro atoms. The second-order valence-electron chi connectivity index (χ2n) is 6.44. The molecular formula is C19H30FIN4O3. The van der Waals surface area contributed by atoms with E-state index in [1.807, 2.05) is 11.9 Å². The number of carbonyl (C=O) groups is 1. The second-order valence-corrected chi connectivity index (χ2v) is 6.44. The lowest BCUT2D eigenvalue weighted by atomic mass is 10.2. The first kappa shape index (κ1) is 24.3. The third kappa shape index (κ3) is 8.07. The van der Waals surface area contributed by atoms with Crippen LogP contribution in [-0.2, 0) is 4.74 Å².